The van der Waals surface area contributed by atoms with E-state index < -0.39 is 11.5 Å². The quantitative estimate of drug-likeness (QED) is 0.876. The van der Waals surface area contributed by atoms with E-state index in [1.54, 1.807) is 16.4 Å². The average molecular weight is 359 g/mol. The highest BCUT2D eigenvalue weighted by Gasteiger charge is 2.41. The Kier molecular flexibility index (Phi) is 4.85. The van der Waals surface area contributed by atoms with E-state index in [2.05, 4.69) is 10.4 Å². The molecule has 1 aliphatic rings. The van der Waals surface area contributed by atoms with Crippen LogP contribution in [-0.2, 0) is 4.79 Å². The van der Waals surface area contributed by atoms with Crippen molar-refractivity contribution in [3.63, 3.8) is 0 Å². The van der Waals surface area contributed by atoms with Gasteiger partial charge in [0.1, 0.15) is 5.54 Å². The summed E-state index contributed by atoms with van der Waals surface area (Å²) in [5.41, 5.74) is 1.89. The Morgan fingerprint density at radius 2 is 2.00 bits per heavy atom. The number of amides is 1. The van der Waals surface area contributed by atoms with Gasteiger partial charge >= 0.3 is 5.97 Å². The third-order valence-electron chi connectivity index (χ3n) is 4.61. The molecule has 0 atom stereocenters. The second-order valence-electron chi connectivity index (χ2n) is 6.35. The lowest BCUT2D eigenvalue weighted by Crippen LogP contribution is -2.56. The van der Waals surface area contributed by atoms with E-state index in [9.17, 15) is 14.7 Å². The molecule has 0 saturated carbocycles. The molecule has 0 spiro atoms. The first-order valence-electron chi connectivity index (χ1n) is 8.18. The number of aliphatic carboxylic acids is 1. The second-order valence-corrected chi connectivity index (χ2v) is 7.57. The molecule has 1 aliphatic heterocycles. The topological polar surface area (TPSA) is 84.2 Å². The van der Waals surface area contributed by atoms with Crippen LogP contribution in [0.3, 0.4) is 0 Å². The highest BCUT2D eigenvalue weighted by Crippen LogP contribution is 2.28. The summed E-state index contributed by atoms with van der Waals surface area (Å²) in [6.45, 7) is 3.81. The second kappa shape index (κ2) is 6.92. The van der Waals surface area contributed by atoms with Crippen LogP contribution < -0.4 is 5.32 Å². The molecule has 6 nitrogen and oxygen atoms in total. The van der Waals surface area contributed by atoms with Crippen LogP contribution in [0.1, 0.15) is 34.5 Å². The van der Waals surface area contributed by atoms with Gasteiger partial charge < -0.3 is 10.4 Å². The van der Waals surface area contributed by atoms with Crippen LogP contribution in [0, 0.1) is 13.8 Å². The van der Waals surface area contributed by atoms with Crippen molar-refractivity contribution in [2.24, 2.45) is 0 Å². The molecule has 1 aromatic carbocycles. The number of nitrogens with one attached hydrogen (secondary N) is 1. The number of hydrogen-bond donors (Lipinski definition) is 2. The van der Waals surface area contributed by atoms with Gasteiger partial charge in [-0.2, -0.15) is 16.9 Å². The van der Waals surface area contributed by atoms with Crippen LogP contribution >= 0.6 is 11.8 Å². The Morgan fingerprint density at radius 3 is 2.64 bits per heavy atom. The van der Waals surface area contributed by atoms with Gasteiger partial charge in [-0.3, -0.25) is 4.79 Å². The molecule has 1 aromatic heterocycles. The number of rotatable bonds is 4. The van der Waals surface area contributed by atoms with Crippen LogP contribution in [0.15, 0.2) is 30.5 Å². The largest absolute Gasteiger partial charge is 0.480 e. The van der Waals surface area contributed by atoms with E-state index in [0.29, 0.717) is 24.1 Å². The molecule has 1 amide bonds. The Morgan fingerprint density at radius 1 is 1.28 bits per heavy atom. The maximum absolute atomic E-state index is 12.7. The molecule has 0 aliphatic carbocycles. The number of hydrogen-bond acceptors (Lipinski definition) is 4. The van der Waals surface area contributed by atoms with Crippen molar-refractivity contribution in [3.05, 3.63) is 47.3 Å². The van der Waals surface area contributed by atoms with Gasteiger partial charge in [-0.1, -0.05) is 12.1 Å². The fourth-order valence-corrected chi connectivity index (χ4v) is 4.24. The zero-order valence-corrected chi connectivity index (χ0v) is 15.1. The Hall–Kier alpha value is -2.28. The Bertz CT molecular complexity index is 810. The summed E-state index contributed by atoms with van der Waals surface area (Å²) in [7, 11) is 0. The lowest BCUT2D eigenvalue weighted by molar-refractivity contribution is -0.144. The monoisotopic (exact) mass is 359 g/mol. The number of carboxylic acids is 1. The predicted molar refractivity (Wildman–Crippen MR) is 97.4 cm³/mol. The molecule has 2 N–H and O–H groups in total. The van der Waals surface area contributed by atoms with Crippen molar-refractivity contribution in [1.29, 1.82) is 0 Å². The van der Waals surface area contributed by atoms with Gasteiger partial charge in [0.2, 0.25) is 0 Å². The molecule has 132 valence electrons. The molecule has 25 heavy (non-hydrogen) atoms. The van der Waals surface area contributed by atoms with Crippen LogP contribution in [0.4, 0.5) is 0 Å². The minimum absolute atomic E-state index is 0.384. The minimum Gasteiger partial charge on any atom is -0.480 e. The number of aromatic nitrogens is 2. The Labute approximate surface area is 150 Å². The summed E-state index contributed by atoms with van der Waals surface area (Å²) in [6.07, 6.45) is 2.37. The van der Waals surface area contributed by atoms with Crippen LogP contribution in [0.5, 0.6) is 0 Å². The smallest absolute Gasteiger partial charge is 0.329 e. The number of carboxylic acid groups (broad SMARTS) is 1. The third-order valence-corrected chi connectivity index (χ3v) is 5.59. The van der Waals surface area contributed by atoms with Crippen LogP contribution in [0.25, 0.3) is 5.69 Å². The maximum Gasteiger partial charge on any atom is 0.329 e. The molecule has 3 rings (SSSR count). The van der Waals surface area contributed by atoms with Gasteiger partial charge in [-0.05, 0) is 55.9 Å². The molecule has 0 unspecified atom stereocenters. The molecule has 1 fully saturated rings. The van der Waals surface area contributed by atoms with E-state index in [1.807, 2.05) is 38.1 Å². The van der Waals surface area contributed by atoms with Crippen molar-refractivity contribution in [2.75, 3.05) is 11.5 Å². The lowest BCUT2D eigenvalue weighted by Gasteiger charge is -2.33. The number of thioether (sulfide) groups is 1. The number of nitrogens with zero attached hydrogens (tertiary/aromatic N) is 2. The lowest BCUT2D eigenvalue weighted by atomic mass is 9.92. The number of carbonyl (C=O) groups excluding carboxylic acids is 1. The van der Waals surface area contributed by atoms with Gasteiger partial charge in [0.25, 0.3) is 5.91 Å². The van der Waals surface area contributed by atoms with Crippen molar-refractivity contribution in [2.45, 2.75) is 32.2 Å². The average Bonchev–Trinajstić information content (AvgIpc) is 2.97. The summed E-state index contributed by atoms with van der Waals surface area (Å²) in [6, 6.07) is 7.84. The summed E-state index contributed by atoms with van der Waals surface area (Å²) >= 11 is 1.71. The first-order chi connectivity index (χ1) is 11.9. The molecule has 2 aromatic rings. The molecule has 1 saturated heterocycles. The van der Waals surface area contributed by atoms with E-state index in [4.69, 9.17) is 0 Å². The molecule has 2 heterocycles. The van der Waals surface area contributed by atoms with E-state index in [1.165, 1.54) is 6.20 Å². The number of benzene rings is 1. The molecule has 0 bridgehead atoms. The summed E-state index contributed by atoms with van der Waals surface area (Å²) in [5, 5.41) is 16.7. The van der Waals surface area contributed by atoms with Crippen molar-refractivity contribution in [3.8, 4) is 5.69 Å². The SMILES string of the molecule is Cc1cccc(-n2ncc(C(=O)NC3(C(=O)O)CCSCC3)c2C)c1. The normalized spacial score (nSPS) is 16.4. The Balaban J connectivity index is 1.87. The maximum atomic E-state index is 12.7. The highest BCUT2D eigenvalue weighted by molar-refractivity contribution is 7.99. The minimum atomic E-state index is -1.18. The van der Waals surface area contributed by atoms with Crippen LogP contribution in [0.2, 0.25) is 0 Å². The molecule has 7 heteroatoms. The van der Waals surface area contributed by atoms with Gasteiger partial charge in [-0.15, -0.1) is 0 Å². The third kappa shape index (κ3) is 3.42. The van der Waals surface area contributed by atoms with Gasteiger partial charge in [0.05, 0.1) is 23.1 Å². The summed E-state index contributed by atoms with van der Waals surface area (Å²) in [5.74, 6) is 0.109. The standard InChI is InChI=1S/C18H21N3O3S/c1-12-4-3-5-14(10-12)21-13(2)15(11-19-21)16(22)20-18(17(23)24)6-8-25-9-7-18/h3-5,10-11H,6-9H2,1-2H3,(H,20,22)(H,23,24). The van der Waals surface area contributed by atoms with E-state index >= 15 is 0 Å². The predicted octanol–water partition coefficient (Wildman–Crippen LogP) is 2.57. The van der Waals surface area contributed by atoms with Gasteiger partial charge in [0.15, 0.2) is 0 Å². The first kappa shape index (κ1) is 17.5. The fourth-order valence-electron chi connectivity index (χ4n) is 3.05. The summed E-state index contributed by atoms with van der Waals surface area (Å²) in [4.78, 5) is 24.5. The number of aryl methyl sites for hydroxylation is 1. The molecule has 0 radical (unpaired) electrons. The molecular formula is C18H21N3O3S. The number of carbonyl (C=O) groups is 2. The fraction of sp³-hybridized carbons (Fsp3) is 0.389. The van der Waals surface area contributed by atoms with Crippen molar-refractivity contribution < 1.29 is 14.7 Å². The zero-order valence-electron chi connectivity index (χ0n) is 14.3. The molecular weight excluding hydrogens is 338 g/mol. The van der Waals surface area contributed by atoms with Gasteiger partial charge in [-0.25, -0.2) is 9.48 Å². The zero-order chi connectivity index (χ0) is 18.0. The van der Waals surface area contributed by atoms with E-state index in [0.717, 1.165) is 22.8 Å². The van der Waals surface area contributed by atoms with Crippen molar-refractivity contribution >= 4 is 23.6 Å². The highest BCUT2D eigenvalue weighted by atomic mass is 32.2. The summed E-state index contributed by atoms with van der Waals surface area (Å²) < 4.78 is 1.70. The van der Waals surface area contributed by atoms with Gasteiger partial charge in [0, 0.05) is 0 Å². The van der Waals surface area contributed by atoms with Crippen LogP contribution in [-0.4, -0.2) is 43.8 Å². The van der Waals surface area contributed by atoms with E-state index in [-0.39, 0.29) is 5.91 Å². The first-order valence-corrected chi connectivity index (χ1v) is 9.34. The van der Waals surface area contributed by atoms with Crippen molar-refractivity contribution in [1.82, 2.24) is 15.1 Å².